The molecule has 0 fully saturated rings. The van der Waals surface area contributed by atoms with Crippen molar-refractivity contribution in [1.29, 1.82) is 0 Å². The molecule has 0 amide bonds. The Morgan fingerprint density at radius 1 is 1.16 bits per heavy atom. The average molecular weight is 271 g/mol. The van der Waals surface area contributed by atoms with E-state index in [4.69, 9.17) is 0 Å². The molecule has 2 nitrogen and oxygen atoms in total. The molecule has 0 aliphatic heterocycles. The van der Waals surface area contributed by atoms with Gasteiger partial charge < -0.3 is 10.0 Å². The van der Waals surface area contributed by atoms with E-state index in [9.17, 15) is 18.3 Å². The molecule has 1 atom stereocenters. The van der Waals surface area contributed by atoms with Crippen LogP contribution in [0.2, 0.25) is 0 Å². The maximum atomic E-state index is 13.4. The number of alkyl halides is 3. The van der Waals surface area contributed by atoms with E-state index in [-0.39, 0.29) is 11.3 Å². The van der Waals surface area contributed by atoms with Crippen molar-refractivity contribution in [2.45, 2.75) is 25.6 Å². The molecule has 1 aromatic rings. The monoisotopic (exact) mass is 271 g/mol. The van der Waals surface area contributed by atoms with Gasteiger partial charge in [0.1, 0.15) is 0 Å². The first-order chi connectivity index (χ1) is 8.86. The van der Waals surface area contributed by atoms with Crippen molar-refractivity contribution in [2.24, 2.45) is 0 Å². The smallest absolute Gasteiger partial charge is 0.372 e. The van der Waals surface area contributed by atoms with E-state index in [0.29, 0.717) is 18.7 Å². The van der Waals surface area contributed by atoms with Crippen LogP contribution in [0.4, 0.5) is 13.2 Å². The van der Waals surface area contributed by atoms with Crippen LogP contribution in [-0.4, -0.2) is 29.3 Å². The predicted octanol–water partition coefficient (Wildman–Crippen LogP) is 3.13. The third-order valence-corrected chi connectivity index (χ3v) is 3.53. The van der Waals surface area contributed by atoms with Crippen molar-refractivity contribution in [2.75, 3.05) is 13.1 Å². The molecule has 1 aliphatic rings. The molecule has 1 aromatic carbocycles. The lowest BCUT2D eigenvalue weighted by molar-refractivity contribution is -0.254. The lowest BCUT2D eigenvalue weighted by Crippen LogP contribution is -2.47. The molecule has 0 saturated carbocycles. The van der Waals surface area contributed by atoms with Crippen LogP contribution in [0.25, 0.3) is 6.08 Å². The first kappa shape index (κ1) is 13.9. The quantitative estimate of drug-likeness (QED) is 0.913. The largest absolute Gasteiger partial charge is 0.427 e. The maximum absolute atomic E-state index is 13.4. The van der Waals surface area contributed by atoms with Gasteiger partial charge in [0, 0.05) is 18.7 Å². The van der Waals surface area contributed by atoms with Crippen LogP contribution in [0.5, 0.6) is 0 Å². The molecule has 104 valence electrons. The SMILES string of the molecule is CCN(CC)C1=Cc2ccccc2C1(O)C(F)(F)F. The fourth-order valence-electron chi connectivity index (χ4n) is 2.52. The molecule has 19 heavy (non-hydrogen) atoms. The minimum atomic E-state index is -4.74. The molecule has 1 aliphatic carbocycles. The van der Waals surface area contributed by atoms with Gasteiger partial charge in [-0.05, 0) is 25.5 Å². The Bertz CT molecular complexity index is 506. The Morgan fingerprint density at radius 2 is 1.74 bits per heavy atom. The van der Waals surface area contributed by atoms with Crippen molar-refractivity contribution in [3.8, 4) is 0 Å². The summed E-state index contributed by atoms with van der Waals surface area (Å²) in [4.78, 5) is 1.54. The lowest BCUT2D eigenvalue weighted by atomic mass is 9.92. The second-order valence-electron chi connectivity index (χ2n) is 4.50. The summed E-state index contributed by atoms with van der Waals surface area (Å²) in [5.41, 5.74) is -2.67. The Hall–Kier alpha value is -1.49. The van der Waals surface area contributed by atoms with Gasteiger partial charge in [-0.3, -0.25) is 0 Å². The van der Waals surface area contributed by atoms with Gasteiger partial charge in [-0.2, -0.15) is 13.2 Å². The van der Waals surface area contributed by atoms with Gasteiger partial charge in [0.25, 0.3) is 0 Å². The molecular weight excluding hydrogens is 255 g/mol. The summed E-state index contributed by atoms with van der Waals surface area (Å²) in [6, 6.07) is 6.09. The zero-order chi connectivity index (χ0) is 14.3. The number of aliphatic hydroxyl groups is 1. The van der Waals surface area contributed by atoms with Crippen LogP contribution >= 0.6 is 0 Å². The first-order valence-electron chi connectivity index (χ1n) is 6.22. The van der Waals surface area contributed by atoms with Crippen LogP contribution in [-0.2, 0) is 5.60 Å². The summed E-state index contributed by atoms with van der Waals surface area (Å²) in [5, 5.41) is 10.3. The van der Waals surface area contributed by atoms with E-state index >= 15 is 0 Å². The molecule has 0 radical (unpaired) electrons. The van der Waals surface area contributed by atoms with Gasteiger partial charge in [0.2, 0.25) is 5.60 Å². The minimum Gasteiger partial charge on any atom is -0.372 e. The zero-order valence-electron chi connectivity index (χ0n) is 10.8. The van der Waals surface area contributed by atoms with E-state index in [0.717, 1.165) is 0 Å². The number of fused-ring (bicyclic) bond motifs is 1. The van der Waals surface area contributed by atoms with Crippen LogP contribution in [0.3, 0.4) is 0 Å². The van der Waals surface area contributed by atoms with Gasteiger partial charge in [-0.1, -0.05) is 24.3 Å². The van der Waals surface area contributed by atoms with E-state index in [1.165, 1.54) is 23.1 Å². The van der Waals surface area contributed by atoms with Crippen molar-refractivity contribution in [1.82, 2.24) is 4.90 Å². The molecule has 0 bridgehead atoms. The Balaban J connectivity index is 2.62. The molecule has 0 saturated heterocycles. The molecule has 2 rings (SSSR count). The highest BCUT2D eigenvalue weighted by atomic mass is 19.4. The van der Waals surface area contributed by atoms with Crippen molar-refractivity contribution < 1.29 is 18.3 Å². The Morgan fingerprint density at radius 3 is 2.26 bits per heavy atom. The highest BCUT2D eigenvalue weighted by Crippen LogP contribution is 2.51. The first-order valence-corrected chi connectivity index (χ1v) is 6.22. The highest BCUT2D eigenvalue weighted by molar-refractivity contribution is 5.68. The zero-order valence-corrected chi connectivity index (χ0v) is 10.8. The topological polar surface area (TPSA) is 23.5 Å². The maximum Gasteiger partial charge on any atom is 0.427 e. The van der Waals surface area contributed by atoms with E-state index < -0.39 is 11.8 Å². The van der Waals surface area contributed by atoms with Crippen LogP contribution < -0.4 is 0 Å². The van der Waals surface area contributed by atoms with Gasteiger partial charge in [-0.25, -0.2) is 0 Å². The van der Waals surface area contributed by atoms with Gasteiger partial charge in [0.05, 0.1) is 5.70 Å². The summed E-state index contributed by atoms with van der Waals surface area (Å²) in [7, 11) is 0. The fourth-order valence-corrected chi connectivity index (χ4v) is 2.52. The summed E-state index contributed by atoms with van der Waals surface area (Å²) in [5.74, 6) is 0. The van der Waals surface area contributed by atoms with Crippen LogP contribution in [0.15, 0.2) is 30.0 Å². The summed E-state index contributed by atoms with van der Waals surface area (Å²) >= 11 is 0. The van der Waals surface area contributed by atoms with E-state index in [2.05, 4.69) is 0 Å². The number of hydrogen-bond acceptors (Lipinski definition) is 2. The number of likely N-dealkylation sites (N-methyl/N-ethyl adjacent to an activating group) is 1. The van der Waals surface area contributed by atoms with Gasteiger partial charge >= 0.3 is 6.18 Å². The molecule has 5 heteroatoms. The normalized spacial score (nSPS) is 22.1. The van der Waals surface area contributed by atoms with Crippen LogP contribution in [0.1, 0.15) is 25.0 Å². The summed E-state index contributed by atoms with van der Waals surface area (Å²) < 4.78 is 40.2. The molecule has 1 unspecified atom stereocenters. The lowest BCUT2D eigenvalue weighted by Gasteiger charge is -2.36. The molecule has 1 N–H and O–H groups in total. The van der Waals surface area contributed by atoms with E-state index in [1.54, 1.807) is 26.0 Å². The average Bonchev–Trinajstić information content (AvgIpc) is 2.66. The molecular formula is C14H16F3NO. The second-order valence-corrected chi connectivity index (χ2v) is 4.50. The van der Waals surface area contributed by atoms with E-state index in [1.807, 2.05) is 0 Å². The number of benzene rings is 1. The standard InChI is InChI=1S/C14H16F3NO/c1-3-18(4-2)12-9-10-7-5-6-8-11(10)13(12,19)14(15,16)17/h5-9,19H,3-4H2,1-2H3. The second kappa shape index (κ2) is 4.56. The Labute approximate surface area is 110 Å². The van der Waals surface area contributed by atoms with Crippen molar-refractivity contribution >= 4 is 6.08 Å². The number of rotatable bonds is 3. The third-order valence-electron chi connectivity index (χ3n) is 3.53. The van der Waals surface area contributed by atoms with Crippen LogP contribution in [0, 0.1) is 0 Å². The van der Waals surface area contributed by atoms with Crippen molar-refractivity contribution in [3.63, 3.8) is 0 Å². The molecule has 0 spiro atoms. The predicted molar refractivity (Wildman–Crippen MR) is 67.3 cm³/mol. The fraction of sp³-hybridized carbons (Fsp3) is 0.429. The number of hydrogen-bond donors (Lipinski definition) is 1. The van der Waals surface area contributed by atoms with Gasteiger partial charge in [-0.15, -0.1) is 0 Å². The highest BCUT2D eigenvalue weighted by Gasteiger charge is 2.61. The number of nitrogens with zero attached hydrogens (tertiary/aromatic N) is 1. The summed E-state index contributed by atoms with van der Waals surface area (Å²) in [6.45, 7) is 4.36. The third kappa shape index (κ3) is 1.92. The Kier molecular flexibility index (Phi) is 3.34. The minimum absolute atomic E-state index is 0.0915. The molecule has 0 aromatic heterocycles. The van der Waals surface area contributed by atoms with Gasteiger partial charge in [0.15, 0.2) is 0 Å². The number of halogens is 3. The molecule has 0 heterocycles. The summed E-state index contributed by atoms with van der Waals surface area (Å²) in [6.07, 6.45) is -3.32. The van der Waals surface area contributed by atoms with Crippen molar-refractivity contribution in [3.05, 3.63) is 41.1 Å².